The highest BCUT2D eigenvalue weighted by molar-refractivity contribution is 5.47. The maximum absolute atomic E-state index is 5.61. The molecule has 0 spiro atoms. The summed E-state index contributed by atoms with van der Waals surface area (Å²) in [4.78, 5) is 0. The van der Waals surface area contributed by atoms with Gasteiger partial charge in [-0.2, -0.15) is 0 Å². The molecule has 19 heavy (non-hydrogen) atoms. The molecule has 0 aromatic heterocycles. The van der Waals surface area contributed by atoms with Crippen LogP contribution in [0.2, 0.25) is 0 Å². The number of benzene rings is 1. The Bertz CT molecular complexity index is 380. The number of rotatable bonds is 5. The summed E-state index contributed by atoms with van der Waals surface area (Å²) in [6.07, 6.45) is 2.27. The summed E-state index contributed by atoms with van der Waals surface area (Å²) in [7, 11) is 5.37. The summed E-state index contributed by atoms with van der Waals surface area (Å²) in [5, 5.41) is 3.40. The topological polar surface area (TPSA) is 39.7 Å². The number of ether oxygens (including phenoxy) is 3. The maximum Gasteiger partial charge on any atom is 0.127 e. The van der Waals surface area contributed by atoms with Gasteiger partial charge in [-0.3, -0.25) is 0 Å². The Hall–Kier alpha value is -1.26. The van der Waals surface area contributed by atoms with Crippen LogP contribution in [0.3, 0.4) is 0 Å². The highest BCUT2D eigenvalue weighted by Gasteiger charge is 2.29. The highest BCUT2D eigenvalue weighted by Crippen LogP contribution is 2.39. The van der Waals surface area contributed by atoms with E-state index in [9.17, 15) is 0 Å². The van der Waals surface area contributed by atoms with Crippen LogP contribution in [0.15, 0.2) is 18.2 Å². The normalized spacial score (nSPS) is 20.9. The van der Waals surface area contributed by atoms with Gasteiger partial charge >= 0.3 is 0 Å². The summed E-state index contributed by atoms with van der Waals surface area (Å²) in [6, 6.07) is 6.09. The van der Waals surface area contributed by atoms with Crippen LogP contribution in [0, 0.1) is 5.92 Å². The molecule has 1 aromatic carbocycles. The molecule has 0 radical (unpaired) electrons. The molecule has 1 heterocycles. The minimum atomic E-state index is 0.186. The number of hydrogen-bond acceptors (Lipinski definition) is 4. The molecule has 4 heteroatoms. The van der Waals surface area contributed by atoms with E-state index >= 15 is 0 Å². The molecular formula is C15H23NO3. The lowest BCUT2D eigenvalue weighted by Crippen LogP contribution is -2.32. The summed E-state index contributed by atoms with van der Waals surface area (Å²) in [5.74, 6) is 2.18. The van der Waals surface area contributed by atoms with Crippen molar-refractivity contribution in [1.29, 1.82) is 0 Å². The first-order chi connectivity index (χ1) is 9.31. The van der Waals surface area contributed by atoms with E-state index in [-0.39, 0.29) is 6.04 Å². The van der Waals surface area contributed by atoms with Crippen molar-refractivity contribution in [2.24, 2.45) is 5.92 Å². The minimum Gasteiger partial charge on any atom is -0.496 e. The van der Waals surface area contributed by atoms with E-state index in [2.05, 4.69) is 5.32 Å². The van der Waals surface area contributed by atoms with Gasteiger partial charge in [0, 0.05) is 18.6 Å². The minimum absolute atomic E-state index is 0.186. The second kappa shape index (κ2) is 6.78. The van der Waals surface area contributed by atoms with Crippen molar-refractivity contribution in [2.45, 2.75) is 18.9 Å². The van der Waals surface area contributed by atoms with E-state index in [1.165, 1.54) is 0 Å². The Kier molecular flexibility index (Phi) is 5.05. The van der Waals surface area contributed by atoms with Crippen LogP contribution in [-0.2, 0) is 4.74 Å². The van der Waals surface area contributed by atoms with Crippen LogP contribution in [0.25, 0.3) is 0 Å². The van der Waals surface area contributed by atoms with E-state index < -0.39 is 0 Å². The molecule has 2 rings (SSSR count). The van der Waals surface area contributed by atoms with Crippen molar-refractivity contribution in [1.82, 2.24) is 5.32 Å². The van der Waals surface area contributed by atoms with Gasteiger partial charge in [-0.1, -0.05) is 6.07 Å². The van der Waals surface area contributed by atoms with Crippen molar-refractivity contribution >= 4 is 0 Å². The van der Waals surface area contributed by atoms with Crippen LogP contribution >= 0.6 is 0 Å². The van der Waals surface area contributed by atoms with Gasteiger partial charge in [-0.25, -0.2) is 0 Å². The third-order valence-corrected chi connectivity index (χ3v) is 3.75. The molecule has 1 saturated heterocycles. The Morgan fingerprint density at radius 2 is 1.95 bits per heavy atom. The summed E-state index contributed by atoms with van der Waals surface area (Å²) >= 11 is 0. The molecule has 1 aliphatic heterocycles. The lowest BCUT2D eigenvalue weighted by molar-refractivity contribution is 0.0395. The molecule has 0 bridgehead atoms. The van der Waals surface area contributed by atoms with E-state index in [1.807, 2.05) is 25.2 Å². The van der Waals surface area contributed by atoms with Crippen LogP contribution in [-0.4, -0.2) is 34.5 Å². The van der Waals surface area contributed by atoms with E-state index in [4.69, 9.17) is 14.2 Å². The molecule has 0 amide bonds. The molecule has 0 saturated carbocycles. The molecule has 1 N–H and O–H groups in total. The van der Waals surface area contributed by atoms with Crippen molar-refractivity contribution < 1.29 is 14.2 Å². The molecule has 106 valence electrons. The lowest BCUT2D eigenvalue weighted by Gasteiger charge is -2.32. The van der Waals surface area contributed by atoms with Crippen LogP contribution < -0.4 is 14.8 Å². The zero-order chi connectivity index (χ0) is 13.7. The number of methoxy groups -OCH3 is 2. The van der Waals surface area contributed by atoms with Gasteiger partial charge in [0.05, 0.1) is 26.4 Å². The van der Waals surface area contributed by atoms with E-state index in [0.29, 0.717) is 5.92 Å². The second-order valence-corrected chi connectivity index (χ2v) is 4.82. The van der Waals surface area contributed by atoms with Gasteiger partial charge < -0.3 is 19.5 Å². The summed E-state index contributed by atoms with van der Waals surface area (Å²) in [5.41, 5.74) is 1.09. The summed E-state index contributed by atoms with van der Waals surface area (Å²) in [6.45, 7) is 1.66. The SMILES string of the molecule is CNC(c1c(OC)cccc1OC)C1CCCOC1. The first kappa shape index (κ1) is 14.2. The Morgan fingerprint density at radius 1 is 1.26 bits per heavy atom. The predicted molar refractivity (Wildman–Crippen MR) is 74.9 cm³/mol. The first-order valence-electron chi connectivity index (χ1n) is 6.77. The number of hydrogen-bond donors (Lipinski definition) is 1. The van der Waals surface area contributed by atoms with Crippen molar-refractivity contribution in [2.75, 3.05) is 34.5 Å². The van der Waals surface area contributed by atoms with Crippen molar-refractivity contribution in [3.63, 3.8) is 0 Å². The highest BCUT2D eigenvalue weighted by atomic mass is 16.5. The zero-order valence-electron chi connectivity index (χ0n) is 11.9. The van der Waals surface area contributed by atoms with Gasteiger partial charge in [0.25, 0.3) is 0 Å². The molecule has 2 atom stereocenters. The standard InChI is InChI=1S/C15H23NO3/c1-16-15(11-6-5-9-19-10-11)14-12(17-2)7-4-8-13(14)18-3/h4,7-8,11,15-16H,5-6,9-10H2,1-3H3. The van der Waals surface area contributed by atoms with Crippen LogP contribution in [0.4, 0.5) is 0 Å². The molecule has 1 fully saturated rings. The molecule has 1 aromatic rings. The van der Waals surface area contributed by atoms with Crippen LogP contribution in [0.5, 0.6) is 11.5 Å². The zero-order valence-corrected chi connectivity index (χ0v) is 11.9. The molecule has 1 aliphatic rings. The number of nitrogens with one attached hydrogen (secondary N) is 1. The fourth-order valence-corrected chi connectivity index (χ4v) is 2.83. The van der Waals surface area contributed by atoms with Gasteiger partial charge in [-0.15, -0.1) is 0 Å². The maximum atomic E-state index is 5.61. The quantitative estimate of drug-likeness (QED) is 0.887. The van der Waals surface area contributed by atoms with Crippen molar-refractivity contribution in [3.05, 3.63) is 23.8 Å². The molecule has 2 unspecified atom stereocenters. The smallest absolute Gasteiger partial charge is 0.127 e. The van der Waals surface area contributed by atoms with Gasteiger partial charge in [0.2, 0.25) is 0 Å². The average Bonchev–Trinajstić information content (AvgIpc) is 2.49. The van der Waals surface area contributed by atoms with Crippen LogP contribution in [0.1, 0.15) is 24.4 Å². The predicted octanol–water partition coefficient (Wildman–Crippen LogP) is 2.39. The lowest BCUT2D eigenvalue weighted by atomic mass is 9.88. The fraction of sp³-hybridized carbons (Fsp3) is 0.600. The Balaban J connectivity index is 2.35. The largest absolute Gasteiger partial charge is 0.496 e. The van der Waals surface area contributed by atoms with Gasteiger partial charge in [-0.05, 0) is 32.0 Å². The second-order valence-electron chi connectivity index (χ2n) is 4.82. The summed E-state index contributed by atoms with van der Waals surface area (Å²) < 4.78 is 16.6. The van der Waals surface area contributed by atoms with Gasteiger partial charge in [0.15, 0.2) is 0 Å². The van der Waals surface area contributed by atoms with Gasteiger partial charge in [0.1, 0.15) is 11.5 Å². The van der Waals surface area contributed by atoms with E-state index in [0.717, 1.165) is 43.1 Å². The molecule has 0 aliphatic carbocycles. The fourth-order valence-electron chi connectivity index (χ4n) is 2.83. The molecular weight excluding hydrogens is 242 g/mol. The monoisotopic (exact) mass is 265 g/mol. The van der Waals surface area contributed by atoms with E-state index in [1.54, 1.807) is 14.2 Å². The third kappa shape index (κ3) is 3.01. The van der Waals surface area contributed by atoms with Crippen molar-refractivity contribution in [3.8, 4) is 11.5 Å². The Labute approximate surface area is 115 Å². The molecule has 4 nitrogen and oxygen atoms in total. The first-order valence-corrected chi connectivity index (χ1v) is 6.77. The average molecular weight is 265 g/mol. The Morgan fingerprint density at radius 3 is 2.42 bits per heavy atom. The third-order valence-electron chi connectivity index (χ3n) is 3.75.